The van der Waals surface area contributed by atoms with Crippen LogP contribution in [0.5, 0.6) is 17.2 Å². The summed E-state index contributed by atoms with van der Waals surface area (Å²) < 4.78 is 55.3. The number of hydrogen-bond donors (Lipinski definition) is 0. The van der Waals surface area contributed by atoms with Gasteiger partial charge in [0.15, 0.2) is 0 Å². The minimum absolute atomic E-state index is 0.0107. The van der Waals surface area contributed by atoms with Crippen molar-refractivity contribution in [3.63, 3.8) is 0 Å². The lowest BCUT2D eigenvalue weighted by Gasteiger charge is -2.29. The maximum absolute atomic E-state index is 13.2. The molecule has 3 rings (SSSR count). The molecule has 0 aromatic heterocycles. The van der Waals surface area contributed by atoms with Gasteiger partial charge in [-0.15, -0.1) is 0 Å². The van der Waals surface area contributed by atoms with Crippen LogP contribution in [0, 0.1) is 21.4 Å². The number of benzene rings is 3. The molecule has 0 spiro atoms. The molecule has 1 amide bonds. The molecule has 0 bridgehead atoms. The predicted octanol–water partition coefficient (Wildman–Crippen LogP) is 5.28. The summed E-state index contributed by atoms with van der Waals surface area (Å²) in [6.07, 6.45) is -4.79. The van der Waals surface area contributed by atoms with Gasteiger partial charge in [0.05, 0.1) is 17.1 Å². The molecule has 0 heterocycles. The lowest BCUT2D eigenvalue weighted by molar-refractivity contribution is -0.386. The highest BCUT2D eigenvalue weighted by molar-refractivity contribution is 6.12. The van der Waals surface area contributed by atoms with Crippen LogP contribution in [0.4, 0.5) is 18.9 Å². The van der Waals surface area contributed by atoms with Gasteiger partial charge in [-0.05, 0) is 41.1 Å². The molecule has 0 aliphatic heterocycles. The van der Waals surface area contributed by atoms with Gasteiger partial charge in [0.25, 0.3) is 5.91 Å². The van der Waals surface area contributed by atoms with E-state index in [0.717, 1.165) is 29.2 Å². The van der Waals surface area contributed by atoms with E-state index >= 15 is 0 Å². The minimum Gasteiger partial charge on any atom is -0.457 e. The second-order valence-corrected chi connectivity index (χ2v) is 8.60. The van der Waals surface area contributed by atoms with Crippen molar-refractivity contribution in [1.82, 2.24) is 4.90 Å². The highest BCUT2D eigenvalue weighted by Crippen LogP contribution is 2.37. The van der Waals surface area contributed by atoms with Crippen LogP contribution in [0.25, 0.3) is 10.8 Å². The number of likely N-dealkylation sites (N-methyl/N-ethyl adjacent to an activating group) is 1. The first-order valence-corrected chi connectivity index (χ1v) is 11.8. The van der Waals surface area contributed by atoms with Gasteiger partial charge in [-0.25, -0.2) is 0 Å². The van der Waals surface area contributed by atoms with Crippen LogP contribution in [0.2, 0.25) is 0 Å². The third-order valence-corrected chi connectivity index (χ3v) is 5.92. The standard InChI is InChI=1S/C27H24F3N3O7/c1-4-24(34)26(16-31,25(35)32(2)11-12-38-3)40-23-15-21(9-10-22(23)33(36)37)39-20-8-6-17-13-19(27(28,29)30)7-5-18(17)14-20/h5-10,13-15H,4,11-12H2,1-3H3. The Balaban J connectivity index is 2.01. The molecule has 3 aromatic carbocycles. The van der Waals surface area contributed by atoms with Gasteiger partial charge in [-0.1, -0.05) is 19.1 Å². The smallest absolute Gasteiger partial charge is 0.416 e. The number of nitro groups is 1. The summed E-state index contributed by atoms with van der Waals surface area (Å²) in [7, 11) is 2.72. The second kappa shape index (κ2) is 12.0. The molecule has 40 heavy (non-hydrogen) atoms. The zero-order valence-electron chi connectivity index (χ0n) is 21.7. The Hall–Kier alpha value is -4.70. The number of ketones is 1. The number of nitro benzene ring substituents is 1. The molecule has 0 fully saturated rings. The van der Waals surface area contributed by atoms with Gasteiger partial charge in [0, 0.05) is 39.3 Å². The van der Waals surface area contributed by atoms with E-state index in [-0.39, 0.29) is 31.1 Å². The van der Waals surface area contributed by atoms with Crippen molar-refractivity contribution in [2.45, 2.75) is 25.1 Å². The lowest BCUT2D eigenvalue weighted by atomic mass is 9.95. The fourth-order valence-corrected chi connectivity index (χ4v) is 3.76. The van der Waals surface area contributed by atoms with Crippen LogP contribution < -0.4 is 9.47 Å². The second-order valence-electron chi connectivity index (χ2n) is 8.60. The Kier molecular flexibility index (Phi) is 8.95. The third kappa shape index (κ3) is 6.29. The Bertz CT molecular complexity index is 1490. The van der Waals surface area contributed by atoms with E-state index < -0.39 is 45.4 Å². The molecule has 0 saturated heterocycles. The van der Waals surface area contributed by atoms with E-state index in [9.17, 15) is 38.1 Å². The Morgan fingerprint density at radius 1 is 1.05 bits per heavy atom. The van der Waals surface area contributed by atoms with E-state index in [1.165, 1.54) is 51.4 Å². The molecule has 0 aliphatic carbocycles. The maximum atomic E-state index is 13.2. The first-order chi connectivity index (χ1) is 18.9. The van der Waals surface area contributed by atoms with E-state index in [1.807, 2.05) is 0 Å². The number of carbonyl (C=O) groups is 2. The van der Waals surface area contributed by atoms with Crippen LogP contribution in [0.1, 0.15) is 18.9 Å². The molecule has 210 valence electrons. The molecule has 13 heteroatoms. The van der Waals surface area contributed by atoms with Gasteiger partial charge >= 0.3 is 17.5 Å². The number of methoxy groups -OCH3 is 1. The summed E-state index contributed by atoms with van der Waals surface area (Å²) in [4.78, 5) is 38.0. The fourth-order valence-electron chi connectivity index (χ4n) is 3.76. The van der Waals surface area contributed by atoms with E-state index in [4.69, 9.17) is 14.2 Å². The van der Waals surface area contributed by atoms with Crippen LogP contribution in [0.3, 0.4) is 0 Å². The average molecular weight is 559 g/mol. The first-order valence-electron chi connectivity index (χ1n) is 11.8. The van der Waals surface area contributed by atoms with Crippen molar-refractivity contribution in [1.29, 1.82) is 5.26 Å². The summed E-state index contributed by atoms with van der Waals surface area (Å²) in [5.74, 6) is -2.37. The number of rotatable bonds is 11. The van der Waals surface area contributed by atoms with Crippen LogP contribution in [-0.4, -0.2) is 54.4 Å². The monoisotopic (exact) mass is 559 g/mol. The minimum atomic E-state index is -4.50. The number of Topliss-reactive ketones (excluding diaryl/α,β-unsaturated/α-hetero) is 1. The van der Waals surface area contributed by atoms with E-state index in [1.54, 1.807) is 6.07 Å². The van der Waals surface area contributed by atoms with E-state index in [2.05, 4.69) is 0 Å². The molecule has 0 radical (unpaired) electrons. The molecule has 1 atom stereocenters. The van der Waals surface area contributed by atoms with Crippen LogP contribution in [-0.2, 0) is 20.5 Å². The number of nitriles is 1. The number of carbonyl (C=O) groups excluding carboxylic acids is 2. The summed E-state index contributed by atoms with van der Waals surface area (Å²) in [5, 5.41) is 22.4. The molecule has 1 unspecified atom stereocenters. The van der Waals surface area contributed by atoms with Crippen molar-refractivity contribution in [3.05, 3.63) is 70.3 Å². The summed E-state index contributed by atoms with van der Waals surface area (Å²) in [5.41, 5.74) is -4.17. The van der Waals surface area contributed by atoms with Crippen LogP contribution in [0.15, 0.2) is 54.6 Å². The third-order valence-electron chi connectivity index (χ3n) is 5.92. The van der Waals surface area contributed by atoms with Crippen molar-refractivity contribution in [3.8, 4) is 23.3 Å². The number of fused-ring (bicyclic) bond motifs is 1. The number of nitrogens with zero attached hydrogens (tertiary/aromatic N) is 3. The number of halogens is 3. The Morgan fingerprint density at radius 2 is 1.68 bits per heavy atom. The number of ether oxygens (including phenoxy) is 3. The SMILES string of the molecule is CCC(=O)C(C#N)(Oc1cc(Oc2ccc3cc(C(F)(F)F)ccc3c2)ccc1[N+](=O)[O-])C(=O)N(C)CCOC. The quantitative estimate of drug-likeness (QED) is 0.176. The molecule has 10 nitrogen and oxygen atoms in total. The first kappa shape index (κ1) is 29.9. The van der Waals surface area contributed by atoms with Crippen molar-refractivity contribution in [2.24, 2.45) is 0 Å². The Morgan fingerprint density at radius 3 is 2.27 bits per heavy atom. The van der Waals surface area contributed by atoms with Gasteiger partial charge in [0.2, 0.25) is 11.5 Å². The highest BCUT2D eigenvalue weighted by Gasteiger charge is 2.51. The van der Waals surface area contributed by atoms with Gasteiger partial charge in [0.1, 0.15) is 17.6 Å². The predicted molar refractivity (Wildman–Crippen MR) is 136 cm³/mol. The van der Waals surface area contributed by atoms with E-state index in [0.29, 0.717) is 10.8 Å². The Labute approximate surface area is 226 Å². The maximum Gasteiger partial charge on any atom is 0.416 e. The summed E-state index contributed by atoms with van der Waals surface area (Å²) in [6, 6.07) is 12.4. The molecular weight excluding hydrogens is 535 g/mol. The largest absolute Gasteiger partial charge is 0.457 e. The number of hydrogen-bond acceptors (Lipinski definition) is 8. The summed E-state index contributed by atoms with van der Waals surface area (Å²) in [6.45, 7) is 1.51. The van der Waals surface area contributed by atoms with Crippen LogP contribution >= 0.6 is 0 Å². The van der Waals surface area contributed by atoms with Crippen molar-refractivity contribution < 1.29 is 41.9 Å². The fraction of sp³-hybridized carbons (Fsp3) is 0.296. The van der Waals surface area contributed by atoms with Crippen molar-refractivity contribution in [2.75, 3.05) is 27.3 Å². The lowest BCUT2D eigenvalue weighted by Crippen LogP contribution is -2.56. The molecule has 0 saturated carbocycles. The zero-order valence-corrected chi connectivity index (χ0v) is 21.7. The average Bonchev–Trinajstić information content (AvgIpc) is 2.92. The number of alkyl halides is 3. The molecule has 3 aromatic rings. The molecule has 0 N–H and O–H groups in total. The zero-order chi connectivity index (χ0) is 29.7. The van der Waals surface area contributed by atoms with Gasteiger partial charge < -0.3 is 19.1 Å². The number of amides is 1. The topological polar surface area (TPSA) is 132 Å². The van der Waals surface area contributed by atoms with Gasteiger partial charge in [-0.3, -0.25) is 19.7 Å². The molecular formula is C27H24F3N3O7. The highest BCUT2D eigenvalue weighted by atomic mass is 19.4. The van der Waals surface area contributed by atoms with Gasteiger partial charge in [-0.2, -0.15) is 18.4 Å². The normalized spacial score (nSPS) is 12.7. The molecule has 0 aliphatic rings. The van der Waals surface area contributed by atoms with Crippen molar-refractivity contribution >= 4 is 28.2 Å². The summed E-state index contributed by atoms with van der Waals surface area (Å²) >= 11 is 0.